The van der Waals surface area contributed by atoms with Crippen LogP contribution in [-0.2, 0) is 9.53 Å². The van der Waals surface area contributed by atoms with E-state index in [2.05, 4.69) is 0 Å². The molecule has 0 bridgehead atoms. The van der Waals surface area contributed by atoms with Crippen molar-refractivity contribution in [3.8, 4) is 0 Å². The minimum absolute atomic E-state index is 0.208. The van der Waals surface area contributed by atoms with Crippen LogP contribution in [0.15, 0.2) is 18.2 Å². The van der Waals surface area contributed by atoms with Crippen molar-refractivity contribution in [2.45, 2.75) is 18.6 Å². The predicted octanol–water partition coefficient (Wildman–Crippen LogP) is 1.93. The van der Waals surface area contributed by atoms with E-state index in [1.165, 1.54) is 30.2 Å². The highest BCUT2D eigenvalue weighted by Gasteiger charge is 2.39. The highest BCUT2D eigenvalue weighted by molar-refractivity contribution is 6.30. The Morgan fingerprint density at radius 2 is 2.30 bits per heavy atom. The summed E-state index contributed by atoms with van der Waals surface area (Å²) in [5.74, 6) is -1.03. The Hall–Kier alpha value is -1.86. The van der Waals surface area contributed by atoms with E-state index >= 15 is 0 Å². The maximum absolute atomic E-state index is 11.3. The molecule has 2 unspecified atom stereocenters. The quantitative estimate of drug-likeness (QED) is 0.674. The van der Waals surface area contributed by atoms with E-state index in [9.17, 15) is 20.0 Å². The molecule has 1 aromatic carbocycles. The van der Waals surface area contributed by atoms with Gasteiger partial charge in [-0.05, 0) is 12.1 Å². The van der Waals surface area contributed by atoms with Crippen molar-refractivity contribution in [2.24, 2.45) is 0 Å². The van der Waals surface area contributed by atoms with Crippen LogP contribution in [0.3, 0.4) is 0 Å². The summed E-state index contributed by atoms with van der Waals surface area (Å²) < 4.78 is 5.17. The van der Waals surface area contributed by atoms with Gasteiger partial charge in [-0.15, -0.1) is 0 Å². The number of nitro groups is 1. The van der Waals surface area contributed by atoms with Crippen LogP contribution in [0.1, 0.15) is 6.42 Å². The summed E-state index contributed by atoms with van der Waals surface area (Å²) in [5.41, 5.74) is 0.0341. The Morgan fingerprint density at radius 1 is 1.60 bits per heavy atom. The topological polar surface area (TPSA) is 92.9 Å². The molecule has 1 saturated heterocycles. The Kier molecular flexibility index (Phi) is 4.10. The largest absolute Gasteiger partial charge is 0.480 e. The lowest BCUT2D eigenvalue weighted by Crippen LogP contribution is -2.36. The zero-order valence-electron chi connectivity index (χ0n) is 10.7. The first-order valence-corrected chi connectivity index (χ1v) is 6.28. The van der Waals surface area contributed by atoms with E-state index in [0.29, 0.717) is 0 Å². The number of aliphatic carboxylic acids is 1. The van der Waals surface area contributed by atoms with Crippen LogP contribution in [-0.4, -0.2) is 41.8 Å². The molecule has 0 radical (unpaired) electrons. The van der Waals surface area contributed by atoms with E-state index < -0.39 is 16.9 Å². The van der Waals surface area contributed by atoms with Crippen molar-refractivity contribution >= 4 is 28.9 Å². The van der Waals surface area contributed by atoms with Crippen LogP contribution in [0.4, 0.5) is 11.4 Å². The lowest BCUT2D eigenvalue weighted by Gasteiger charge is -2.23. The van der Waals surface area contributed by atoms with E-state index in [4.69, 9.17) is 16.3 Å². The number of methoxy groups -OCH3 is 1. The highest BCUT2D eigenvalue weighted by atomic mass is 35.5. The molecule has 1 N–H and O–H groups in total. The molecule has 1 aromatic rings. The molecule has 1 heterocycles. The fourth-order valence-electron chi connectivity index (χ4n) is 2.35. The summed E-state index contributed by atoms with van der Waals surface area (Å²) in [6.07, 6.45) is 0.0115. The molecule has 0 aliphatic carbocycles. The number of nitrogens with zero attached hydrogens (tertiary/aromatic N) is 2. The van der Waals surface area contributed by atoms with Crippen LogP contribution in [0.2, 0.25) is 5.02 Å². The van der Waals surface area contributed by atoms with E-state index in [0.717, 1.165) is 0 Å². The number of halogens is 1. The zero-order chi connectivity index (χ0) is 14.9. The fourth-order valence-corrected chi connectivity index (χ4v) is 2.52. The third-order valence-corrected chi connectivity index (χ3v) is 3.56. The minimum atomic E-state index is -1.03. The molecule has 0 aromatic heterocycles. The average Bonchev–Trinajstić information content (AvgIpc) is 2.82. The van der Waals surface area contributed by atoms with E-state index in [-0.39, 0.29) is 35.5 Å². The molecule has 7 nitrogen and oxygen atoms in total. The van der Waals surface area contributed by atoms with Gasteiger partial charge in [0.15, 0.2) is 0 Å². The van der Waals surface area contributed by atoms with Crippen LogP contribution in [0.5, 0.6) is 0 Å². The predicted molar refractivity (Wildman–Crippen MR) is 72.3 cm³/mol. The van der Waals surface area contributed by atoms with E-state index in [1.807, 2.05) is 0 Å². The number of rotatable bonds is 4. The normalized spacial score (nSPS) is 22.0. The van der Waals surface area contributed by atoms with Gasteiger partial charge < -0.3 is 14.7 Å². The Morgan fingerprint density at radius 3 is 2.85 bits per heavy atom. The first-order valence-electron chi connectivity index (χ1n) is 5.90. The summed E-state index contributed by atoms with van der Waals surface area (Å²) in [6.45, 7) is 0.288. The number of carbonyl (C=O) groups is 1. The molecular weight excluding hydrogens is 288 g/mol. The molecule has 2 rings (SSSR count). The van der Waals surface area contributed by atoms with E-state index in [1.54, 1.807) is 0 Å². The summed E-state index contributed by atoms with van der Waals surface area (Å²) in [5, 5.41) is 20.6. The van der Waals surface area contributed by atoms with Crippen LogP contribution in [0.25, 0.3) is 0 Å². The summed E-state index contributed by atoms with van der Waals surface area (Å²) in [6, 6.07) is 3.34. The van der Waals surface area contributed by atoms with Gasteiger partial charge in [0.25, 0.3) is 5.69 Å². The highest BCUT2D eigenvalue weighted by Crippen LogP contribution is 2.36. The standard InChI is InChI=1S/C12H13ClN2O5/c1-20-8-5-11(12(16)17)14(6-8)9-3-2-7(13)4-10(9)15(18)19/h2-4,8,11H,5-6H2,1H3,(H,16,17). The van der Waals surface area contributed by atoms with Crippen molar-refractivity contribution in [3.05, 3.63) is 33.3 Å². The van der Waals surface area contributed by atoms with Crippen molar-refractivity contribution < 1.29 is 19.6 Å². The molecule has 8 heteroatoms. The number of anilines is 1. The second-order valence-electron chi connectivity index (χ2n) is 4.49. The molecule has 1 aliphatic heterocycles. The third kappa shape index (κ3) is 2.68. The molecule has 20 heavy (non-hydrogen) atoms. The number of ether oxygens (including phenoxy) is 1. The molecular formula is C12H13ClN2O5. The van der Waals surface area contributed by atoms with Gasteiger partial charge in [-0.25, -0.2) is 4.79 Å². The SMILES string of the molecule is COC1CC(C(=O)O)N(c2ccc(Cl)cc2[N+](=O)[O-])C1. The van der Waals surface area contributed by atoms with Gasteiger partial charge in [0.1, 0.15) is 11.7 Å². The summed E-state index contributed by atoms with van der Waals surface area (Å²) >= 11 is 5.76. The van der Waals surface area contributed by atoms with Gasteiger partial charge >= 0.3 is 5.97 Å². The van der Waals surface area contributed by atoms with Gasteiger partial charge in [-0.1, -0.05) is 11.6 Å². The maximum atomic E-state index is 11.3. The maximum Gasteiger partial charge on any atom is 0.326 e. The number of hydrogen-bond acceptors (Lipinski definition) is 5. The average molecular weight is 301 g/mol. The monoisotopic (exact) mass is 300 g/mol. The van der Waals surface area contributed by atoms with Crippen molar-refractivity contribution in [2.75, 3.05) is 18.6 Å². The second-order valence-corrected chi connectivity index (χ2v) is 4.93. The number of benzene rings is 1. The molecule has 2 atom stereocenters. The first kappa shape index (κ1) is 14.5. The Labute approximate surface area is 119 Å². The number of carboxylic acid groups (broad SMARTS) is 1. The molecule has 0 amide bonds. The number of hydrogen-bond donors (Lipinski definition) is 1. The van der Waals surface area contributed by atoms with Gasteiger partial charge in [0, 0.05) is 31.2 Å². The lowest BCUT2D eigenvalue weighted by molar-refractivity contribution is -0.384. The van der Waals surface area contributed by atoms with Crippen LogP contribution < -0.4 is 4.90 Å². The lowest BCUT2D eigenvalue weighted by atomic mass is 10.2. The first-order chi connectivity index (χ1) is 9.43. The van der Waals surface area contributed by atoms with Crippen molar-refractivity contribution in [1.29, 1.82) is 0 Å². The second kappa shape index (κ2) is 5.64. The van der Waals surface area contributed by atoms with Crippen molar-refractivity contribution in [1.82, 2.24) is 0 Å². The van der Waals surface area contributed by atoms with Crippen molar-refractivity contribution in [3.63, 3.8) is 0 Å². The van der Waals surface area contributed by atoms with Crippen LogP contribution >= 0.6 is 11.6 Å². The van der Waals surface area contributed by atoms with Gasteiger partial charge in [-0.3, -0.25) is 10.1 Å². The van der Waals surface area contributed by atoms with Gasteiger partial charge in [0.05, 0.1) is 11.0 Å². The number of nitro benzene ring substituents is 1. The van der Waals surface area contributed by atoms with Gasteiger partial charge in [0.2, 0.25) is 0 Å². The molecule has 0 spiro atoms. The summed E-state index contributed by atoms with van der Waals surface area (Å²) in [7, 11) is 1.49. The zero-order valence-corrected chi connectivity index (χ0v) is 11.4. The molecule has 0 saturated carbocycles. The summed E-state index contributed by atoms with van der Waals surface area (Å²) in [4.78, 5) is 23.3. The third-order valence-electron chi connectivity index (χ3n) is 3.32. The smallest absolute Gasteiger partial charge is 0.326 e. The number of carboxylic acids is 1. The van der Waals surface area contributed by atoms with Gasteiger partial charge in [-0.2, -0.15) is 0 Å². The molecule has 1 fully saturated rings. The van der Waals surface area contributed by atoms with Crippen LogP contribution in [0, 0.1) is 10.1 Å². The molecule has 1 aliphatic rings. The molecule has 108 valence electrons. The Balaban J connectivity index is 2.43. The minimum Gasteiger partial charge on any atom is -0.480 e. The fraction of sp³-hybridized carbons (Fsp3) is 0.417. The Bertz CT molecular complexity index is 551.